The van der Waals surface area contributed by atoms with Gasteiger partial charge in [0.15, 0.2) is 5.78 Å². The molecule has 13 nitrogen and oxygen atoms in total. The molecule has 0 saturated carbocycles. The molecule has 70 heavy (non-hydrogen) atoms. The fourth-order valence-electron chi connectivity index (χ4n) is 6.95. The summed E-state index contributed by atoms with van der Waals surface area (Å²) in [6, 6.07) is 16.0. The Morgan fingerprint density at radius 1 is 0.786 bits per heavy atom. The third-order valence-corrected chi connectivity index (χ3v) is 11.0. The van der Waals surface area contributed by atoms with Crippen molar-refractivity contribution in [3.63, 3.8) is 0 Å². The zero-order chi connectivity index (χ0) is 52.1. The van der Waals surface area contributed by atoms with E-state index in [1.165, 1.54) is 0 Å². The van der Waals surface area contributed by atoms with Gasteiger partial charge in [-0.3, -0.25) is 14.4 Å². The van der Waals surface area contributed by atoms with E-state index in [9.17, 15) is 19.5 Å². The second-order valence-electron chi connectivity index (χ2n) is 18.3. The number of unbranched alkanes of at least 4 members (excludes halogenated alkanes) is 2. The normalized spacial score (nSPS) is 11.6. The Morgan fingerprint density at radius 3 is 1.96 bits per heavy atom. The first-order chi connectivity index (χ1) is 33.3. The van der Waals surface area contributed by atoms with Gasteiger partial charge >= 0.3 is 5.97 Å². The minimum atomic E-state index is -0.911. The number of Topliss-reactive ketones (excluding diaryl/α,β-unsaturated/α-hetero) is 1. The van der Waals surface area contributed by atoms with Crippen LogP contribution in [0.2, 0.25) is 0 Å². The molecule has 7 N–H and O–H groups in total. The van der Waals surface area contributed by atoms with Crippen LogP contribution in [0.5, 0.6) is 23.0 Å². The molecule has 0 bridgehead atoms. The highest BCUT2D eigenvalue weighted by molar-refractivity contribution is 5.98. The number of benzene rings is 3. The molecule has 0 saturated heterocycles. The number of aliphatic carboxylic acids is 1. The number of hydrogen-bond donors (Lipinski definition) is 6. The van der Waals surface area contributed by atoms with E-state index in [0.29, 0.717) is 80.5 Å². The molecule has 0 aromatic heterocycles. The molecule has 3 aromatic carbocycles. The van der Waals surface area contributed by atoms with Crippen molar-refractivity contribution in [1.82, 2.24) is 10.6 Å². The van der Waals surface area contributed by atoms with E-state index in [1.807, 2.05) is 70.2 Å². The van der Waals surface area contributed by atoms with Crippen molar-refractivity contribution in [1.29, 1.82) is 5.41 Å². The molecule has 0 spiro atoms. The molecule has 382 valence electrons. The lowest BCUT2D eigenvalue weighted by Crippen LogP contribution is -2.43. The number of ether oxygens (including phenoxy) is 4. The van der Waals surface area contributed by atoms with Gasteiger partial charge in [0.1, 0.15) is 23.0 Å². The minimum Gasteiger partial charge on any atom is -0.507 e. The summed E-state index contributed by atoms with van der Waals surface area (Å²) in [5.74, 6) is 1.21. The molecule has 1 amide bonds. The number of phenolic OH excluding ortho intramolecular Hbond substituents is 1. The van der Waals surface area contributed by atoms with E-state index in [-0.39, 0.29) is 48.7 Å². The van der Waals surface area contributed by atoms with Gasteiger partial charge in [0.05, 0.1) is 32.0 Å². The lowest BCUT2D eigenvalue weighted by Gasteiger charge is -2.32. The summed E-state index contributed by atoms with van der Waals surface area (Å²) in [7, 11) is 0. The van der Waals surface area contributed by atoms with Crippen LogP contribution >= 0.6 is 0 Å². The number of carboxylic acids is 1. The average Bonchev–Trinajstić information content (AvgIpc) is 3.33. The van der Waals surface area contributed by atoms with Crippen LogP contribution < -0.4 is 30.6 Å². The maximum absolute atomic E-state index is 12.8. The molecule has 0 atom stereocenters. The van der Waals surface area contributed by atoms with Gasteiger partial charge in [0, 0.05) is 77.6 Å². The maximum atomic E-state index is 12.8. The first-order valence-electron chi connectivity index (χ1n) is 24.2. The highest BCUT2D eigenvalue weighted by atomic mass is 16.5. The summed E-state index contributed by atoms with van der Waals surface area (Å²) in [5.41, 5.74) is 11.3. The number of para-hydroxylation sites is 1. The number of allylic oxidation sites excluding steroid dienone is 5. The third-order valence-electron chi connectivity index (χ3n) is 11.0. The van der Waals surface area contributed by atoms with Gasteiger partial charge < -0.3 is 50.9 Å². The van der Waals surface area contributed by atoms with E-state index in [0.717, 1.165) is 65.6 Å². The smallest absolute Gasteiger partial charge is 0.303 e. The van der Waals surface area contributed by atoms with Crippen LogP contribution in [0, 0.1) is 10.8 Å². The predicted molar refractivity (Wildman–Crippen MR) is 282 cm³/mol. The number of hydrogen-bond acceptors (Lipinski definition) is 11. The molecule has 3 rings (SSSR count). The summed E-state index contributed by atoms with van der Waals surface area (Å²) < 4.78 is 24.7. The monoisotopic (exact) mass is 965 g/mol. The van der Waals surface area contributed by atoms with Crippen LogP contribution in [-0.4, -0.2) is 79.2 Å². The molecule has 0 aliphatic carbocycles. The largest absolute Gasteiger partial charge is 0.507 e. The van der Waals surface area contributed by atoms with Gasteiger partial charge in [-0.1, -0.05) is 77.3 Å². The van der Waals surface area contributed by atoms with Gasteiger partial charge in [-0.2, -0.15) is 0 Å². The van der Waals surface area contributed by atoms with Crippen LogP contribution in [0.25, 0.3) is 0 Å². The van der Waals surface area contributed by atoms with Crippen molar-refractivity contribution in [2.75, 3.05) is 39.5 Å². The van der Waals surface area contributed by atoms with Gasteiger partial charge in [0.25, 0.3) is 0 Å². The number of carbonyl (C=O) groups is 3. The Morgan fingerprint density at radius 2 is 1.41 bits per heavy atom. The first-order valence-corrected chi connectivity index (χ1v) is 24.2. The summed E-state index contributed by atoms with van der Waals surface area (Å²) in [4.78, 5) is 36.8. The molecule has 0 heterocycles. The van der Waals surface area contributed by atoms with Crippen LogP contribution in [0.4, 0.5) is 0 Å². The molecule has 13 heteroatoms. The van der Waals surface area contributed by atoms with Gasteiger partial charge in [-0.05, 0) is 119 Å². The molecule has 0 aliphatic heterocycles. The highest BCUT2D eigenvalue weighted by Gasteiger charge is 2.26. The Balaban J connectivity index is 0.00000167. The lowest BCUT2D eigenvalue weighted by molar-refractivity contribution is -0.137. The first kappa shape index (κ1) is 59.5. The van der Waals surface area contributed by atoms with Gasteiger partial charge in [-0.25, -0.2) is 0 Å². The molecule has 3 aromatic rings. The summed E-state index contributed by atoms with van der Waals surface area (Å²) in [6.45, 7) is 28.4. The number of nitrogens with two attached hydrogens (primary N) is 1. The number of amides is 1. The maximum Gasteiger partial charge on any atom is 0.303 e. The number of rotatable bonds is 33. The Labute approximate surface area is 417 Å². The van der Waals surface area contributed by atoms with Crippen molar-refractivity contribution in [2.24, 2.45) is 11.1 Å². The van der Waals surface area contributed by atoms with Crippen molar-refractivity contribution < 1.29 is 43.5 Å². The Kier molecular flexibility index (Phi) is 26.8. The summed E-state index contributed by atoms with van der Waals surface area (Å²) in [6.07, 6.45) is 13.6. The molecular weight excluding hydrogens is 885 g/mol. The Hall–Kier alpha value is -6.60. The van der Waals surface area contributed by atoms with E-state index < -0.39 is 11.6 Å². The van der Waals surface area contributed by atoms with Crippen molar-refractivity contribution in [3.05, 3.63) is 143 Å². The minimum absolute atomic E-state index is 0.0706. The van der Waals surface area contributed by atoms with E-state index in [4.69, 9.17) is 35.2 Å². The zero-order valence-corrected chi connectivity index (χ0v) is 42.8. The summed E-state index contributed by atoms with van der Waals surface area (Å²) in [5, 5.41) is 31.5. The predicted octanol–water partition coefficient (Wildman–Crippen LogP) is 10.8. The summed E-state index contributed by atoms with van der Waals surface area (Å²) >= 11 is 0. The number of ketones is 1. The van der Waals surface area contributed by atoms with Crippen LogP contribution in [0.3, 0.4) is 0 Å². The number of phenols is 1. The molecular formula is C57H80N4O9. The Bertz CT molecular complexity index is 2260. The number of carboxylic acid groups (broad SMARTS) is 1. The third kappa shape index (κ3) is 22.2. The quantitative estimate of drug-likeness (QED) is 0.0111. The second kappa shape index (κ2) is 31.5. The molecule has 0 unspecified atom stereocenters. The molecule has 0 radical (unpaired) electrons. The SMILES string of the molecule is C=CCc1c(OCCCCCOc2cccc(OCCCC(=O)NCC(C)(C)OCC(C)(C)CNC(=C)/C(C=C)=C/C=C(\C)N)c2CCC(=O)O)ccc(C(=O)CC)c1CC.N=Cc1ccccc1O. The van der Waals surface area contributed by atoms with Gasteiger partial charge in [0.2, 0.25) is 5.91 Å². The van der Waals surface area contributed by atoms with Crippen molar-refractivity contribution >= 4 is 23.9 Å². The van der Waals surface area contributed by atoms with E-state index in [1.54, 1.807) is 36.4 Å². The van der Waals surface area contributed by atoms with E-state index in [2.05, 4.69) is 51.1 Å². The fourth-order valence-corrected chi connectivity index (χ4v) is 6.95. The highest BCUT2D eigenvalue weighted by Crippen LogP contribution is 2.31. The molecule has 0 fully saturated rings. The van der Waals surface area contributed by atoms with Crippen molar-refractivity contribution in [3.8, 4) is 23.0 Å². The second-order valence-corrected chi connectivity index (χ2v) is 18.3. The number of aromatic hydroxyl groups is 1. The van der Waals surface area contributed by atoms with Crippen LogP contribution in [0.1, 0.15) is 126 Å². The lowest BCUT2D eigenvalue weighted by atomic mass is 9.92. The van der Waals surface area contributed by atoms with Crippen molar-refractivity contribution in [2.45, 2.75) is 118 Å². The molecule has 0 aliphatic rings. The number of carbonyl (C=O) groups excluding carboxylic acids is 2. The average molecular weight is 965 g/mol. The fraction of sp³-hybridized carbons (Fsp3) is 0.439. The van der Waals surface area contributed by atoms with Crippen LogP contribution in [-0.2, 0) is 33.6 Å². The van der Waals surface area contributed by atoms with Crippen LogP contribution in [0.15, 0.2) is 116 Å². The zero-order valence-electron chi connectivity index (χ0n) is 42.8. The standard InChI is InChI=1S/C50H73N3O8.C7H7NO/c1-11-20-41-39(13-3)40(43(54)14-4)26-28-46(41)59-31-17-15-16-30-58-44-21-18-22-45(42(44)27-29-48(56)57)60-32-19-23-47(55)53-34-50(9,10)61-35-49(7,8)33-52-37(6)38(12-2)25-24-36(5)51;8-5-6-3-1-2-4-7(6)9/h11-12,18,21-22,24-26,28,52H,1-2,6,13-17,19-20,23,27,29-35,51H2,3-5,7-10H3,(H,53,55)(H,56,57);1-5,8-9H/b36-24+,38-25+;. The van der Waals surface area contributed by atoms with E-state index >= 15 is 0 Å². The van der Waals surface area contributed by atoms with Gasteiger partial charge in [-0.15, -0.1) is 6.58 Å². The topological polar surface area (TPSA) is 203 Å². The number of nitrogens with one attached hydrogen (secondary N) is 3.